The van der Waals surface area contributed by atoms with Crippen LogP contribution >= 0.6 is 22.6 Å². The second-order valence-electron chi connectivity index (χ2n) is 9.77. The van der Waals surface area contributed by atoms with Crippen molar-refractivity contribution in [3.8, 4) is 5.75 Å². The number of H-pyrrole nitrogens is 1. The van der Waals surface area contributed by atoms with Crippen molar-refractivity contribution in [3.63, 3.8) is 0 Å². The molecule has 0 aliphatic heterocycles. The summed E-state index contributed by atoms with van der Waals surface area (Å²) >= 11 is 2.17. The van der Waals surface area contributed by atoms with E-state index in [1.165, 1.54) is 0 Å². The maximum absolute atomic E-state index is 13.5. The Morgan fingerprint density at radius 1 is 1.18 bits per heavy atom. The van der Waals surface area contributed by atoms with Crippen LogP contribution in [0.15, 0.2) is 66.2 Å². The van der Waals surface area contributed by atoms with Gasteiger partial charge in [-0.05, 0) is 64.7 Å². The van der Waals surface area contributed by atoms with E-state index in [1.54, 1.807) is 11.0 Å². The lowest BCUT2D eigenvalue weighted by atomic mass is 9.87. The number of aliphatic hydroxyl groups excluding tert-OH is 2. The number of fused-ring (bicyclic) bond motifs is 1. The van der Waals surface area contributed by atoms with Crippen LogP contribution in [0.25, 0.3) is 10.9 Å². The van der Waals surface area contributed by atoms with Crippen LogP contribution < -0.4 is 10.1 Å². The van der Waals surface area contributed by atoms with Gasteiger partial charge in [0.05, 0.1) is 16.2 Å². The fraction of sp³-hybridized carbons (Fsp3) is 0.400. The molecule has 1 aliphatic carbocycles. The molecule has 9 heteroatoms. The van der Waals surface area contributed by atoms with Crippen molar-refractivity contribution < 1.29 is 24.5 Å². The van der Waals surface area contributed by atoms with Gasteiger partial charge in [-0.3, -0.25) is 9.59 Å². The van der Waals surface area contributed by atoms with E-state index in [9.17, 15) is 19.8 Å². The predicted molar refractivity (Wildman–Crippen MR) is 159 cm³/mol. The van der Waals surface area contributed by atoms with Crippen LogP contribution in [0.4, 0.5) is 0 Å². The number of halogens is 1. The van der Waals surface area contributed by atoms with Gasteiger partial charge in [-0.1, -0.05) is 43.7 Å². The monoisotopic (exact) mass is 645 g/mol. The standard InChI is InChI=1S/C30H36IN3O5/c1-2-3-12-28(36)34(15-13-22-17-20-8-4-6-10-24(20)33-22)25-18-21(30(38)32-14-16-35)19-27(29(25)37)39-26-11-7-5-9-23(26)31/h4-11,17,19,25,27,29,33,35,37H,2-3,12-16,18H2,1H3,(H,32,38)/t25-,27+,29+/m1/s1. The molecular formula is C30H36IN3O5. The summed E-state index contributed by atoms with van der Waals surface area (Å²) in [6.45, 7) is 2.36. The van der Waals surface area contributed by atoms with E-state index >= 15 is 0 Å². The Balaban J connectivity index is 1.62. The molecule has 1 aromatic heterocycles. The van der Waals surface area contributed by atoms with E-state index in [4.69, 9.17) is 4.74 Å². The molecule has 1 aliphatic rings. The number of benzene rings is 2. The quantitative estimate of drug-likeness (QED) is 0.223. The number of aromatic amines is 1. The number of aliphatic hydroxyl groups is 2. The van der Waals surface area contributed by atoms with Crippen LogP contribution in [0.1, 0.15) is 38.3 Å². The van der Waals surface area contributed by atoms with Crippen molar-refractivity contribution >= 4 is 45.3 Å². The van der Waals surface area contributed by atoms with Gasteiger partial charge in [0.15, 0.2) is 0 Å². The third-order valence-corrected chi connectivity index (χ3v) is 7.88. The lowest BCUT2D eigenvalue weighted by molar-refractivity contribution is -0.138. The Morgan fingerprint density at radius 2 is 1.95 bits per heavy atom. The highest BCUT2D eigenvalue weighted by Crippen LogP contribution is 2.30. The number of nitrogens with zero attached hydrogens (tertiary/aromatic N) is 1. The van der Waals surface area contributed by atoms with Crippen molar-refractivity contribution in [2.24, 2.45) is 0 Å². The SMILES string of the molecule is CCCCC(=O)N(CCc1cc2ccccc2[nH]1)[C@@H]1CC(C(=O)NCCO)=C[C@H](Oc2ccccc2I)[C@H]1O. The molecule has 0 spiro atoms. The first kappa shape index (κ1) is 29.1. The molecular weight excluding hydrogens is 609 g/mol. The third-order valence-electron chi connectivity index (χ3n) is 6.99. The summed E-state index contributed by atoms with van der Waals surface area (Å²) in [5.74, 6) is 0.201. The van der Waals surface area contributed by atoms with E-state index in [0.29, 0.717) is 30.7 Å². The van der Waals surface area contributed by atoms with Crippen LogP contribution in [-0.2, 0) is 16.0 Å². The fourth-order valence-electron chi connectivity index (χ4n) is 4.92. The normalized spacial score (nSPS) is 19.0. The topological polar surface area (TPSA) is 115 Å². The fourth-order valence-corrected chi connectivity index (χ4v) is 5.44. The number of rotatable bonds is 12. The van der Waals surface area contributed by atoms with E-state index < -0.39 is 18.2 Å². The minimum Gasteiger partial charge on any atom is -0.482 e. The molecule has 0 saturated carbocycles. The van der Waals surface area contributed by atoms with Gasteiger partial charge in [0.1, 0.15) is 18.0 Å². The smallest absolute Gasteiger partial charge is 0.247 e. The zero-order chi connectivity index (χ0) is 27.8. The molecule has 3 atom stereocenters. The molecule has 0 unspecified atom stereocenters. The number of aromatic nitrogens is 1. The molecule has 3 aromatic rings. The average Bonchev–Trinajstić information content (AvgIpc) is 3.36. The zero-order valence-electron chi connectivity index (χ0n) is 22.1. The number of nitrogens with one attached hydrogen (secondary N) is 2. The Kier molecular flexibility index (Phi) is 10.4. The van der Waals surface area contributed by atoms with Crippen LogP contribution in [0.5, 0.6) is 5.75 Å². The first-order valence-corrected chi connectivity index (χ1v) is 14.5. The van der Waals surface area contributed by atoms with Gasteiger partial charge < -0.3 is 30.2 Å². The highest BCUT2D eigenvalue weighted by Gasteiger charge is 2.40. The van der Waals surface area contributed by atoms with Crippen molar-refractivity contribution in [2.75, 3.05) is 19.7 Å². The van der Waals surface area contributed by atoms with Gasteiger partial charge in [0.2, 0.25) is 11.8 Å². The van der Waals surface area contributed by atoms with Gasteiger partial charge in [-0.15, -0.1) is 0 Å². The number of unbranched alkanes of at least 4 members (excludes halogenated alkanes) is 1. The highest BCUT2D eigenvalue weighted by atomic mass is 127. The number of para-hydroxylation sites is 2. The molecule has 0 saturated heterocycles. The van der Waals surface area contributed by atoms with Gasteiger partial charge in [-0.25, -0.2) is 0 Å². The molecule has 0 bridgehead atoms. The number of hydrogen-bond acceptors (Lipinski definition) is 5. The molecule has 8 nitrogen and oxygen atoms in total. The van der Waals surface area contributed by atoms with E-state index in [0.717, 1.165) is 33.0 Å². The minimum absolute atomic E-state index is 0.0536. The summed E-state index contributed by atoms with van der Waals surface area (Å²) in [5.41, 5.74) is 2.46. The molecule has 208 valence electrons. The molecule has 4 rings (SSSR count). The Morgan fingerprint density at radius 3 is 2.69 bits per heavy atom. The van der Waals surface area contributed by atoms with E-state index in [-0.39, 0.29) is 31.4 Å². The molecule has 1 heterocycles. The summed E-state index contributed by atoms with van der Waals surface area (Å²) < 4.78 is 7.09. The summed E-state index contributed by atoms with van der Waals surface area (Å²) in [6.07, 6.45) is 2.53. The predicted octanol–water partition coefficient (Wildman–Crippen LogP) is 3.95. The van der Waals surface area contributed by atoms with Gasteiger partial charge in [0, 0.05) is 49.1 Å². The van der Waals surface area contributed by atoms with Gasteiger partial charge in [0.25, 0.3) is 0 Å². The Hall–Kier alpha value is -2.89. The van der Waals surface area contributed by atoms with Crippen molar-refractivity contribution in [2.45, 2.75) is 57.3 Å². The van der Waals surface area contributed by atoms with Gasteiger partial charge in [-0.2, -0.15) is 0 Å². The van der Waals surface area contributed by atoms with Crippen molar-refractivity contribution in [1.82, 2.24) is 15.2 Å². The largest absolute Gasteiger partial charge is 0.482 e. The number of amides is 2. The number of carbonyl (C=O) groups excluding carboxylic acids is 2. The summed E-state index contributed by atoms with van der Waals surface area (Å²) in [7, 11) is 0. The van der Waals surface area contributed by atoms with Crippen molar-refractivity contribution in [1.29, 1.82) is 0 Å². The number of carbonyl (C=O) groups is 2. The minimum atomic E-state index is -1.04. The van der Waals surface area contributed by atoms with Crippen LogP contribution in [0.3, 0.4) is 0 Å². The summed E-state index contributed by atoms with van der Waals surface area (Å²) in [6, 6.07) is 16.9. The van der Waals surface area contributed by atoms with Gasteiger partial charge >= 0.3 is 0 Å². The lowest BCUT2D eigenvalue weighted by Crippen LogP contribution is -2.55. The first-order valence-electron chi connectivity index (χ1n) is 13.5. The van der Waals surface area contributed by atoms with Crippen LogP contribution in [0, 0.1) is 3.57 Å². The number of ether oxygens (including phenoxy) is 1. The molecule has 4 N–H and O–H groups in total. The average molecular weight is 646 g/mol. The highest BCUT2D eigenvalue weighted by molar-refractivity contribution is 14.1. The molecule has 2 aromatic carbocycles. The summed E-state index contributed by atoms with van der Waals surface area (Å²) in [5, 5.41) is 24.6. The molecule has 2 amide bonds. The first-order chi connectivity index (χ1) is 18.9. The Labute approximate surface area is 242 Å². The summed E-state index contributed by atoms with van der Waals surface area (Å²) in [4.78, 5) is 31.6. The third kappa shape index (κ3) is 7.40. The second-order valence-corrected chi connectivity index (χ2v) is 10.9. The Bertz CT molecular complexity index is 1270. The van der Waals surface area contributed by atoms with Crippen LogP contribution in [0.2, 0.25) is 0 Å². The maximum Gasteiger partial charge on any atom is 0.247 e. The van der Waals surface area contributed by atoms with Crippen LogP contribution in [-0.4, -0.2) is 69.9 Å². The lowest BCUT2D eigenvalue weighted by Gasteiger charge is -2.40. The van der Waals surface area contributed by atoms with E-state index in [2.05, 4.69) is 39.0 Å². The second kappa shape index (κ2) is 14.0. The molecule has 0 radical (unpaired) electrons. The van der Waals surface area contributed by atoms with Crippen molar-refractivity contribution in [3.05, 3.63) is 75.5 Å². The zero-order valence-corrected chi connectivity index (χ0v) is 24.3. The molecule has 39 heavy (non-hydrogen) atoms. The van der Waals surface area contributed by atoms with E-state index in [1.807, 2.05) is 55.5 Å². The molecule has 0 fully saturated rings. The maximum atomic E-state index is 13.5. The number of hydrogen-bond donors (Lipinski definition) is 4.